The average molecular weight is 270 g/mol. The lowest BCUT2D eigenvalue weighted by Gasteiger charge is -2.00. The lowest BCUT2D eigenvalue weighted by molar-refractivity contribution is 0.681. The smallest absolute Gasteiger partial charge is 0.286 e. The molecule has 1 N–H and O–H groups in total. The van der Waals surface area contributed by atoms with E-state index in [1.54, 1.807) is 6.20 Å². The third-order valence-corrected chi connectivity index (χ3v) is 3.76. The van der Waals surface area contributed by atoms with Crippen LogP contribution in [-0.2, 0) is 13.5 Å². The maximum atomic E-state index is 11.3. The van der Waals surface area contributed by atoms with Crippen LogP contribution in [0.4, 0.5) is 0 Å². The van der Waals surface area contributed by atoms with Gasteiger partial charge in [-0.15, -0.1) is 0 Å². The van der Waals surface area contributed by atoms with E-state index in [0.717, 1.165) is 16.7 Å². The maximum absolute atomic E-state index is 11.3. The summed E-state index contributed by atoms with van der Waals surface area (Å²) in [6.07, 6.45) is 2.59. The number of rotatable bonds is 4. The third kappa shape index (κ3) is 3.04. The molecule has 2 heterocycles. The van der Waals surface area contributed by atoms with Crippen LogP contribution in [0, 0.1) is 0 Å². The van der Waals surface area contributed by atoms with Gasteiger partial charge in [0.2, 0.25) is 0 Å². The second-order valence-electron chi connectivity index (χ2n) is 3.27. The molecule has 0 aromatic carbocycles. The molecule has 17 heavy (non-hydrogen) atoms. The molecule has 0 unspecified atom stereocenters. The molecule has 2 rings (SSSR count). The van der Waals surface area contributed by atoms with Gasteiger partial charge < -0.3 is 0 Å². The maximum Gasteiger partial charge on any atom is 0.353 e. The van der Waals surface area contributed by atoms with Crippen molar-refractivity contribution in [3.05, 3.63) is 38.1 Å². The van der Waals surface area contributed by atoms with E-state index in [9.17, 15) is 9.59 Å². The van der Waals surface area contributed by atoms with Crippen molar-refractivity contribution in [2.45, 2.75) is 11.6 Å². The zero-order chi connectivity index (χ0) is 12.3. The average Bonchev–Trinajstić information content (AvgIpc) is 2.79. The van der Waals surface area contributed by atoms with Gasteiger partial charge >= 0.3 is 11.4 Å². The van der Waals surface area contributed by atoms with Crippen LogP contribution < -0.4 is 11.4 Å². The molecular formula is C9H10N4O2S2. The Kier molecular flexibility index (Phi) is 3.75. The van der Waals surface area contributed by atoms with Crippen LogP contribution in [0.25, 0.3) is 0 Å². The van der Waals surface area contributed by atoms with Crippen LogP contribution in [0.2, 0.25) is 0 Å². The Balaban J connectivity index is 2.00. The highest BCUT2D eigenvalue weighted by Gasteiger charge is 2.03. The Hall–Kier alpha value is -1.41. The topological polar surface area (TPSA) is 80.6 Å². The van der Waals surface area contributed by atoms with Crippen molar-refractivity contribution in [3.63, 3.8) is 0 Å². The Morgan fingerprint density at radius 3 is 3.00 bits per heavy atom. The van der Waals surface area contributed by atoms with Crippen molar-refractivity contribution in [3.8, 4) is 0 Å². The fraction of sp³-hybridized carbons (Fsp3) is 0.333. The molecule has 0 spiro atoms. The minimum Gasteiger partial charge on any atom is -0.286 e. The van der Waals surface area contributed by atoms with Gasteiger partial charge in [0.1, 0.15) is 0 Å². The molecule has 0 saturated heterocycles. The fourth-order valence-electron chi connectivity index (χ4n) is 1.14. The monoisotopic (exact) mass is 270 g/mol. The van der Waals surface area contributed by atoms with Gasteiger partial charge in [-0.1, -0.05) is 11.8 Å². The zero-order valence-corrected chi connectivity index (χ0v) is 10.7. The van der Waals surface area contributed by atoms with E-state index in [-0.39, 0.29) is 0 Å². The van der Waals surface area contributed by atoms with E-state index in [1.165, 1.54) is 35.2 Å². The molecule has 8 heteroatoms. The fourth-order valence-corrected chi connectivity index (χ4v) is 2.66. The number of hydrogen-bond acceptors (Lipinski definition) is 6. The number of nitrogens with one attached hydrogen (secondary N) is 1. The minimum absolute atomic E-state index is 0.364. The first-order valence-electron chi connectivity index (χ1n) is 4.86. The van der Waals surface area contributed by atoms with Gasteiger partial charge in [0.15, 0.2) is 5.16 Å². The summed E-state index contributed by atoms with van der Waals surface area (Å²) in [5.74, 6) is 0.748. The van der Waals surface area contributed by atoms with Gasteiger partial charge in [0.25, 0.3) is 0 Å². The highest BCUT2D eigenvalue weighted by atomic mass is 32.2. The summed E-state index contributed by atoms with van der Waals surface area (Å²) in [5, 5.41) is 0.364. The molecule has 0 aliphatic carbocycles. The zero-order valence-electron chi connectivity index (χ0n) is 9.04. The number of nitrogens with zero attached hydrogens (tertiary/aromatic N) is 3. The third-order valence-electron chi connectivity index (χ3n) is 2.08. The summed E-state index contributed by atoms with van der Waals surface area (Å²) < 4.78 is 4.93. The second-order valence-corrected chi connectivity index (χ2v) is 5.27. The number of thioether (sulfide) groups is 1. The number of aromatic amines is 1. The largest absolute Gasteiger partial charge is 0.353 e. The van der Waals surface area contributed by atoms with Crippen LogP contribution in [0.5, 0.6) is 0 Å². The molecule has 90 valence electrons. The Morgan fingerprint density at radius 2 is 2.35 bits per heavy atom. The highest BCUT2D eigenvalue weighted by Crippen LogP contribution is 2.13. The molecule has 0 bridgehead atoms. The van der Waals surface area contributed by atoms with Crippen LogP contribution >= 0.6 is 23.3 Å². The van der Waals surface area contributed by atoms with Crippen molar-refractivity contribution in [1.29, 1.82) is 0 Å². The van der Waals surface area contributed by atoms with Crippen molar-refractivity contribution in [2.75, 3.05) is 5.75 Å². The van der Waals surface area contributed by atoms with Crippen LogP contribution in [0.15, 0.2) is 27.0 Å². The van der Waals surface area contributed by atoms with Gasteiger partial charge in [-0.3, -0.25) is 4.98 Å². The molecule has 0 aliphatic rings. The van der Waals surface area contributed by atoms with Crippen molar-refractivity contribution in [1.82, 2.24) is 18.9 Å². The summed E-state index contributed by atoms with van der Waals surface area (Å²) >= 11 is 2.80. The van der Waals surface area contributed by atoms with E-state index < -0.39 is 11.4 Å². The van der Waals surface area contributed by atoms with E-state index in [4.69, 9.17) is 0 Å². The molecule has 0 atom stereocenters. The number of aromatic nitrogens is 4. The molecule has 0 amide bonds. The summed E-state index contributed by atoms with van der Waals surface area (Å²) in [6.45, 7) is 0. The number of hydrogen-bond donors (Lipinski definition) is 1. The normalized spacial score (nSPS) is 10.6. The Morgan fingerprint density at radius 1 is 1.53 bits per heavy atom. The summed E-state index contributed by atoms with van der Waals surface area (Å²) in [7, 11) is 1.39. The second kappa shape index (κ2) is 5.28. The van der Waals surface area contributed by atoms with Gasteiger partial charge in [-0.05, 0) is 24.0 Å². The van der Waals surface area contributed by atoms with Crippen molar-refractivity contribution >= 4 is 23.3 Å². The molecule has 0 fully saturated rings. The van der Waals surface area contributed by atoms with E-state index in [2.05, 4.69) is 14.3 Å². The van der Waals surface area contributed by atoms with E-state index in [0.29, 0.717) is 5.16 Å². The first-order valence-corrected chi connectivity index (χ1v) is 6.62. The summed E-state index contributed by atoms with van der Waals surface area (Å²) in [6, 6.07) is 1.95. The van der Waals surface area contributed by atoms with E-state index >= 15 is 0 Å². The lowest BCUT2D eigenvalue weighted by atomic mass is 10.4. The first-order chi connectivity index (χ1) is 8.16. The minimum atomic E-state index is -0.533. The molecule has 2 aromatic rings. The standard InChI is InChI=1S/C9H10N4O2S2/c1-13-8(14)11-7(12-9(13)15)16-5-3-6-2-4-10-17-6/h2,4H,3,5H2,1H3,(H,11,12,14,15). The molecule has 0 radical (unpaired) electrons. The molecule has 0 aliphatic heterocycles. The molecule has 0 saturated carbocycles. The van der Waals surface area contributed by atoms with Gasteiger partial charge in [-0.25, -0.2) is 18.5 Å². The quantitative estimate of drug-likeness (QED) is 0.806. The predicted molar refractivity (Wildman–Crippen MR) is 66.6 cm³/mol. The Bertz CT molecular complexity index is 571. The summed E-state index contributed by atoms with van der Waals surface area (Å²) in [4.78, 5) is 30.0. The molecule has 6 nitrogen and oxygen atoms in total. The van der Waals surface area contributed by atoms with Gasteiger partial charge in [-0.2, -0.15) is 4.98 Å². The molecular weight excluding hydrogens is 260 g/mol. The van der Waals surface area contributed by atoms with E-state index in [1.807, 2.05) is 6.07 Å². The van der Waals surface area contributed by atoms with Crippen molar-refractivity contribution in [2.24, 2.45) is 7.05 Å². The van der Waals surface area contributed by atoms with Gasteiger partial charge in [0.05, 0.1) is 0 Å². The van der Waals surface area contributed by atoms with Crippen LogP contribution in [-0.4, -0.2) is 24.7 Å². The predicted octanol–water partition coefficient (Wildman–Crippen LogP) is 0.260. The SMILES string of the molecule is Cn1c(=O)nc(SCCc2ccns2)[nH]c1=O. The highest BCUT2D eigenvalue weighted by molar-refractivity contribution is 7.99. The number of H-pyrrole nitrogens is 1. The Labute approximate surface area is 105 Å². The van der Waals surface area contributed by atoms with Crippen LogP contribution in [0.3, 0.4) is 0 Å². The van der Waals surface area contributed by atoms with Gasteiger partial charge in [0, 0.05) is 23.9 Å². The first kappa shape index (κ1) is 12.1. The van der Waals surface area contributed by atoms with Crippen molar-refractivity contribution < 1.29 is 0 Å². The molecule has 2 aromatic heterocycles. The summed E-state index contributed by atoms with van der Waals surface area (Å²) in [5.41, 5.74) is -0.973. The number of aryl methyl sites for hydroxylation is 1. The lowest BCUT2D eigenvalue weighted by Crippen LogP contribution is -2.34. The van der Waals surface area contributed by atoms with Crippen LogP contribution in [0.1, 0.15) is 4.88 Å².